The lowest BCUT2D eigenvalue weighted by Crippen LogP contribution is -2.16. The summed E-state index contributed by atoms with van der Waals surface area (Å²) in [6.45, 7) is -3.25. The van der Waals surface area contributed by atoms with Gasteiger partial charge in [-0.15, -0.1) is 0 Å². The van der Waals surface area contributed by atoms with Crippen molar-refractivity contribution >= 4 is 41.9 Å². The number of benzene rings is 1. The third-order valence-corrected chi connectivity index (χ3v) is 6.45. The summed E-state index contributed by atoms with van der Waals surface area (Å²) in [5.41, 5.74) is 1.52. The van der Waals surface area contributed by atoms with Gasteiger partial charge in [0.25, 0.3) is 5.91 Å². The number of hydrogen-bond donors (Lipinski definition) is 2. The van der Waals surface area contributed by atoms with Crippen LogP contribution in [0.15, 0.2) is 43.0 Å². The van der Waals surface area contributed by atoms with Gasteiger partial charge < -0.3 is 14.6 Å². The van der Waals surface area contributed by atoms with E-state index in [0.717, 1.165) is 0 Å². The van der Waals surface area contributed by atoms with Crippen LogP contribution in [0.2, 0.25) is 0 Å². The SMILES string of the molecule is COP(=O)(S)OC[C@@H]1CC[C@H](n2cnc3c(NC(=O)c4ccccc4)ncnc32)O1. The van der Waals surface area contributed by atoms with E-state index in [-0.39, 0.29) is 24.8 Å². The molecule has 1 unspecified atom stereocenters. The number of nitrogens with zero attached hydrogens (tertiary/aromatic N) is 4. The lowest BCUT2D eigenvalue weighted by molar-refractivity contribution is -0.0170. The highest BCUT2D eigenvalue weighted by atomic mass is 32.7. The van der Waals surface area contributed by atoms with Gasteiger partial charge in [0, 0.05) is 12.7 Å². The first kappa shape index (κ1) is 21.0. The lowest BCUT2D eigenvalue weighted by atomic mass is 10.2. The van der Waals surface area contributed by atoms with Crippen LogP contribution in [0, 0.1) is 0 Å². The number of nitrogens with one attached hydrogen (secondary N) is 1. The van der Waals surface area contributed by atoms with Crippen LogP contribution in [0.1, 0.15) is 29.4 Å². The van der Waals surface area contributed by atoms with Crippen molar-refractivity contribution in [2.45, 2.75) is 25.2 Å². The van der Waals surface area contributed by atoms with E-state index in [1.807, 2.05) is 6.07 Å². The summed E-state index contributed by atoms with van der Waals surface area (Å²) in [4.78, 5) is 25.3. The average Bonchev–Trinajstić information content (AvgIpc) is 3.40. The fourth-order valence-corrected chi connectivity index (χ4v) is 3.83. The Morgan fingerprint density at radius 3 is 2.87 bits per heavy atom. The topological polar surface area (TPSA) is 117 Å². The molecule has 4 rings (SSSR count). The molecule has 1 N–H and O–H groups in total. The van der Waals surface area contributed by atoms with Gasteiger partial charge in [-0.25, -0.2) is 19.5 Å². The van der Waals surface area contributed by atoms with Crippen molar-refractivity contribution in [1.82, 2.24) is 19.5 Å². The second kappa shape index (κ2) is 8.83. The van der Waals surface area contributed by atoms with E-state index in [2.05, 4.69) is 32.5 Å². The van der Waals surface area contributed by atoms with Gasteiger partial charge in [-0.1, -0.05) is 30.4 Å². The first-order valence-electron chi connectivity index (χ1n) is 9.19. The molecule has 0 aliphatic carbocycles. The number of amides is 1. The number of thiol groups is 1. The van der Waals surface area contributed by atoms with Crippen LogP contribution in [0.3, 0.4) is 0 Å². The Labute approximate surface area is 177 Å². The minimum Gasteiger partial charge on any atom is -0.352 e. The van der Waals surface area contributed by atoms with Crippen molar-refractivity contribution < 1.29 is 23.1 Å². The number of hydrogen-bond acceptors (Lipinski definition) is 8. The lowest BCUT2D eigenvalue weighted by Gasteiger charge is -2.16. The summed E-state index contributed by atoms with van der Waals surface area (Å²) in [5, 5.41) is 2.78. The minimum atomic E-state index is -3.36. The summed E-state index contributed by atoms with van der Waals surface area (Å²) in [5.74, 6) is 0.0374. The Morgan fingerprint density at radius 2 is 2.10 bits per heavy atom. The molecule has 0 radical (unpaired) electrons. The molecule has 1 amide bonds. The molecule has 158 valence electrons. The monoisotopic (exact) mass is 449 g/mol. The summed E-state index contributed by atoms with van der Waals surface area (Å²) in [7, 11) is 1.28. The van der Waals surface area contributed by atoms with Crippen LogP contribution in [-0.4, -0.2) is 45.2 Å². The second-order valence-electron chi connectivity index (χ2n) is 6.60. The highest BCUT2D eigenvalue weighted by molar-refractivity contribution is 8.44. The molecule has 3 aromatic rings. The zero-order chi connectivity index (χ0) is 21.1. The third kappa shape index (κ3) is 4.55. The molecule has 0 bridgehead atoms. The van der Waals surface area contributed by atoms with Crippen LogP contribution >= 0.6 is 19.0 Å². The van der Waals surface area contributed by atoms with Crippen LogP contribution in [-0.2, 0) is 18.3 Å². The molecular formula is C18H20N5O5PS. The van der Waals surface area contributed by atoms with Crippen molar-refractivity contribution in [1.29, 1.82) is 0 Å². The van der Waals surface area contributed by atoms with Gasteiger partial charge in [-0.05, 0) is 25.0 Å². The zero-order valence-electron chi connectivity index (χ0n) is 16.0. The first-order chi connectivity index (χ1) is 14.5. The molecule has 1 aliphatic heterocycles. The van der Waals surface area contributed by atoms with Crippen LogP contribution in [0.5, 0.6) is 0 Å². The fourth-order valence-electron chi connectivity index (χ4n) is 3.17. The minimum absolute atomic E-state index is 0.102. The highest BCUT2D eigenvalue weighted by Gasteiger charge is 2.30. The van der Waals surface area contributed by atoms with Crippen LogP contribution in [0.25, 0.3) is 11.2 Å². The highest BCUT2D eigenvalue weighted by Crippen LogP contribution is 2.52. The maximum absolute atomic E-state index is 12.5. The number of fused-ring (bicyclic) bond motifs is 1. The van der Waals surface area contributed by atoms with Crippen molar-refractivity contribution in [3.63, 3.8) is 0 Å². The zero-order valence-corrected chi connectivity index (χ0v) is 17.8. The van der Waals surface area contributed by atoms with E-state index in [9.17, 15) is 9.36 Å². The number of anilines is 1. The van der Waals surface area contributed by atoms with Gasteiger partial charge >= 0.3 is 6.80 Å². The number of ether oxygens (including phenoxy) is 1. The van der Waals surface area contributed by atoms with E-state index in [4.69, 9.17) is 13.8 Å². The molecule has 3 atom stereocenters. The average molecular weight is 449 g/mol. The summed E-state index contributed by atoms with van der Waals surface area (Å²) in [6, 6.07) is 8.85. The van der Waals surface area contributed by atoms with Gasteiger partial charge in [-0.2, -0.15) is 0 Å². The number of aromatic nitrogens is 4. The fraction of sp³-hybridized carbons (Fsp3) is 0.333. The Balaban J connectivity index is 1.48. The predicted molar refractivity (Wildman–Crippen MR) is 112 cm³/mol. The predicted octanol–water partition coefficient (Wildman–Crippen LogP) is 3.46. The summed E-state index contributed by atoms with van der Waals surface area (Å²) >= 11 is 3.84. The van der Waals surface area contributed by atoms with Gasteiger partial charge in [-0.3, -0.25) is 13.9 Å². The van der Waals surface area contributed by atoms with Crippen molar-refractivity contribution in [3.8, 4) is 0 Å². The second-order valence-corrected chi connectivity index (χ2v) is 9.63. The van der Waals surface area contributed by atoms with E-state index in [1.54, 1.807) is 35.2 Å². The number of rotatable bonds is 7. The maximum Gasteiger partial charge on any atom is 0.385 e. The Kier molecular flexibility index (Phi) is 6.16. The Morgan fingerprint density at radius 1 is 1.30 bits per heavy atom. The largest absolute Gasteiger partial charge is 0.385 e. The molecule has 3 heterocycles. The van der Waals surface area contributed by atoms with E-state index >= 15 is 0 Å². The number of carbonyl (C=O) groups excluding carboxylic acids is 1. The van der Waals surface area contributed by atoms with E-state index < -0.39 is 6.80 Å². The number of imidazole rings is 1. The third-order valence-electron chi connectivity index (χ3n) is 4.68. The Hall–Kier alpha value is -2.30. The molecule has 30 heavy (non-hydrogen) atoms. The molecule has 0 saturated carbocycles. The van der Waals surface area contributed by atoms with Gasteiger partial charge in [0.1, 0.15) is 12.6 Å². The van der Waals surface area contributed by atoms with E-state index in [1.165, 1.54) is 13.4 Å². The molecule has 12 heteroatoms. The normalized spacial score (nSPS) is 20.9. The molecule has 0 spiro atoms. The standard InChI is InChI=1S/C18H20N5O5PS/c1-26-29(25,30)27-9-13-7-8-14(28-13)23-11-21-15-16(19-10-20-17(15)23)22-18(24)12-5-3-2-4-6-12/h2-6,10-11,13-14H,7-9H2,1H3,(H,25,30)(H,19,20,22,24)/t13-,14+,29?/m0/s1. The first-order valence-corrected chi connectivity index (χ1v) is 11.9. The molecule has 2 aromatic heterocycles. The molecule has 1 fully saturated rings. The molecule has 1 saturated heterocycles. The van der Waals surface area contributed by atoms with Crippen molar-refractivity contribution in [3.05, 3.63) is 48.5 Å². The van der Waals surface area contributed by atoms with Gasteiger partial charge in [0.05, 0.1) is 19.0 Å². The molecular weight excluding hydrogens is 429 g/mol. The summed E-state index contributed by atoms with van der Waals surface area (Å²) < 4.78 is 29.4. The van der Waals surface area contributed by atoms with Crippen LogP contribution in [0.4, 0.5) is 5.82 Å². The van der Waals surface area contributed by atoms with Gasteiger partial charge in [0.15, 0.2) is 17.0 Å². The molecule has 10 nitrogen and oxygen atoms in total. The smallest absolute Gasteiger partial charge is 0.352 e. The molecule has 1 aromatic carbocycles. The molecule has 1 aliphatic rings. The Bertz CT molecular complexity index is 1100. The van der Waals surface area contributed by atoms with Crippen molar-refractivity contribution in [2.75, 3.05) is 19.0 Å². The van der Waals surface area contributed by atoms with Gasteiger partial charge in [0.2, 0.25) is 0 Å². The summed E-state index contributed by atoms with van der Waals surface area (Å²) in [6.07, 6.45) is 3.78. The quantitative estimate of drug-likeness (QED) is 0.416. The van der Waals surface area contributed by atoms with Crippen LogP contribution < -0.4 is 5.32 Å². The maximum atomic E-state index is 12.5. The van der Waals surface area contributed by atoms with Crippen molar-refractivity contribution in [2.24, 2.45) is 0 Å². The number of carbonyl (C=O) groups is 1. The van der Waals surface area contributed by atoms with E-state index in [0.29, 0.717) is 35.4 Å².